The van der Waals surface area contributed by atoms with Gasteiger partial charge in [0, 0.05) is 25.2 Å². The van der Waals surface area contributed by atoms with E-state index in [1.807, 2.05) is 27.7 Å². The molecule has 1 amide bonds. The van der Waals surface area contributed by atoms with Gasteiger partial charge in [-0.3, -0.25) is 14.9 Å². The molecule has 0 radical (unpaired) electrons. The highest BCUT2D eigenvalue weighted by atomic mass is 32.2. The van der Waals surface area contributed by atoms with Gasteiger partial charge in [-0.15, -0.1) is 0 Å². The molecule has 10 heteroatoms. The topological polar surface area (TPSA) is 122 Å². The zero-order valence-electron chi connectivity index (χ0n) is 16.6. The van der Waals surface area contributed by atoms with Crippen LogP contribution < -0.4 is 10.6 Å². The number of nitrogens with one attached hydrogen (secondary N) is 2. The van der Waals surface area contributed by atoms with Crippen LogP contribution in [-0.2, 0) is 14.8 Å². The summed E-state index contributed by atoms with van der Waals surface area (Å²) in [5.41, 5.74) is -0.278. The van der Waals surface area contributed by atoms with E-state index >= 15 is 0 Å². The minimum Gasteiger partial charge on any atom is -0.371 e. The first kappa shape index (κ1) is 22.1. The number of hydrogen-bond donors (Lipinski definition) is 2. The SMILES string of the molecule is CC(C)NC(=O)CNc1ccc(S(=O)(=O)N2C[C@H](C)C[C@H](C)C2)cc1[N+](=O)[O-]. The molecule has 1 aliphatic heterocycles. The standard InChI is InChI=1S/C18H28N4O5S/c1-12(2)20-18(23)9-19-16-6-5-15(8-17(16)22(24)25)28(26,27)21-10-13(3)7-14(4)11-21/h5-6,8,12-14,19H,7,9-11H2,1-4H3,(H,20,23)/t13-,14+. The molecule has 0 aromatic heterocycles. The summed E-state index contributed by atoms with van der Waals surface area (Å²) < 4.78 is 27.3. The van der Waals surface area contributed by atoms with E-state index in [0.717, 1.165) is 12.5 Å². The highest BCUT2D eigenvalue weighted by Crippen LogP contribution is 2.31. The maximum atomic E-state index is 13.0. The van der Waals surface area contributed by atoms with Crippen LogP contribution in [0.5, 0.6) is 0 Å². The van der Waals surface area contributed by atoms with Crippen molar-refractivity contribution >= 4 is 27.3 Å². The zero-order chi connectivity index (χ0) is 21.1. The van der Waals surface area contributed by atoms with Gasteiger partial charge in [0.1, 0.15) is 5.69 Å². The lowest BCUT2D eigenvalue weighted by molar-refractivity contribution is -0.384. The molecule has 1 aromatic rings. The Labute approximate surface area is 165 Å². The first-order chi connectivity index (χ1) is 13.0. The molecule has 156 valence electrons. The highest BCUT2D eigenvalue weighted by Gasteiger charge is 2.33. The lowest BCUT2D eigenvalue weighted by Gasteiger charge is -2.34. The largest absolute Gasteiger partial charge is 0.371 e. The van der Waals surface area contributed by atoms with Crippen molar-refractivity contribution in [2.24, 2.45) is 11.8 Å². The summed E-state index contributed by atoms with van der Waals surface area (Å²) in [7, 11) is -3.83. The Morgan fingerprint density at radius 2 is 1.89 bits per heavy atom. The van der Waals surface area contributed by atoms with E-state index in [2.05, 4.69) is 10.6 Å². The predicted octanol–water partition coefficient (Wildman–Crippen LogP) is 2.20. The lowest BCUT2D eigenvalue weighted by Crippen LogP contribution is -2.42. The average Bonchev–Trinajstić information content (AvgIpc) is 2.58. The van der Waals surface area contributed by atoms with Crippen LogP contribution in [0.15, 0.2) is 23.1 Å². The fraction of sp³-hybridized carbons (Fsp3) is 0.611. The van der Waals surface area contributed by atoms with Crippen LogP contribution in [0, 0.1) is 22.0 Å². The van der Waals surface area contributed by atoms with Gasteiger partial charge in [0.2, 0.25) is 15.9 Å². The molecule has 1 aromatic carbocycles. The third-order valence-corrected chi connectivity index (χ3v) is 6.36. The van der Waals surface area contributed by atoms with Gasteiger partial charge in [-0.25, -0.2) is 8.42 Å². The van der Waals surface area contributed by atoms with Crippen LogP contribution in [0.3, 0.4) is 0 Å². The molecule has 2 N–H and O–H groups in total. The van der Waals surface area contributed by atoms with Crippen molar-refractivity contribution < 1.29 is 18.1 Å². The summed E-state index contributed by atoms with van der Waals surface area (Å²) in [6.45, 7) is 8.26. The molecule has 9 nitrogen and oxygen atoms in total. The number of nitrogens with zero attached hydrogens (tertiary/aromatic N) is 2. The number of nitro benzene ring substituents is 1. The van der Waals surface area contributed by atoms with Crippen molar-refractivity contribution in [3.8, 4) is 0 Å². The van der Waals surface area contributed by atoms with Gasteiger partial charge in [-0.1, -0.05) is 13.8 Å². The Bertz CT molecular complexity index is 830. The summed E-state index contributed by atoms with van der Waals surface area (Å²) >= 11 is 0. The Kier molecular flexibility index (Phi) is 7.00. The molecule has 0 bridgehead atoms. The van der Waals surface area contributed by atoms with Gasteiger partial charge in [-0.2, -0.15) is 4.31 Å². The number of piperidine rings is 1. The molecular formula is C18H28N4O5S. The van der Waals surface area contributed by atoms with Crippen LogP contribution >= 0.6 is 0 Å². The average molecular weight is 413 g/mol. The van der Waals surface area contributed by atoms with Gasteiger partial charge < -0.3 is 10.6 Å². The van der Waals surface area contributed by atoms with Gasteiger partial charge in [0.15, 0.2) is 0 Å². The van der Waals surface area contributed by atoms with Crippen molar-refractivity contribution in [3.05, 3.63) is 28.3 Å². The molecule has 0 saturated carbocycles. The molecule has 1 saturated heterocycles. The van der Waals surface area contributed by atoms with Gasteiger partial charge in [0.05, 0.1) is 16.4 Å². The van der Waals surface area contributed by atoms with E-state index in [9.17, 15) is 23.3 Å². The summed E-state index contributed by atoms with van der Waals surface area (Å²) in [5.74, 6) is 0.153. The summed E-state index contributed by atoms with van der Waals surface area (Å²) in [4.78, 5) is 22.5. The minimum absolute atomic E-state index is 0.0499. The second kappa shape index (κ2) is 8.87. The quantitative estimate of drug-likeness (QED) is 0.523. The van der Waals surface area contributed by atoms with Crippen LogP contribution in [0.2, 0.25) is 0 Å². The molecule has 1 fully saturated rings. The number of rotatable bonds is 7. The fourth-order valence-electron chi connectivity index (χ4n) is 3.47. The van der Waals surface area contributed by atoms with Gasteiger partial charge in [0.25, 0.3) is 5.69 Å². The van der Waals surface area contributed by atoms with E-state index in [0.29, 0.717) is 13.1 Å². The maximum Gasteiger partial charge on any atom is 0.293 e. The summed E-state index contributed by atoms with van der Waals surface area (Å²) in [6.07, 6.45) is 0.952. The van der Waals surface area contributed by atoms with Gasteiger partial charge >= 0.3 is 0 Å². The number of nitro groups is 1. The Morgan fingerprint density at radius 1 is 1.29 bits per heavy atom. The molecule has 0 unspecified atom stereocenters. The third-order valence-electron chi connectivity index (χ3n) is 4.53. The van der Waals surface area contributed by atoms with E-state index in [1.165, 1.54) is 16.4 Å². The Morgan fingerprint density at radius 3 is 2.43 bits per heavy atom. The molecule has 0 aliphatic carbocycles. The smallest absolute Gasteiger partial charge is 0.293 e. The van der Waals surface area contributed by atoms with Gasteiger partial charge in [-0.05, 0) is 44.2 Å². The minimum atomic E-state index is -3.83. The second-order valence-corrected chi connectivity index (χ2v) is 9.72. The summed E-state index contributed by atoms with van der Waals surface area (Å²) in [6, 6.07) is 3.69. The van der Waals surface area contributed by atoms with Crippen molar-refractivity contribution in [2.75, 3.05) is 25.0 Å². The number of anilines is 1. The zero-order valence-corrected chi connectivity index (χ0v) is 17.5. The lowest BCUT2D eigenvalue weighted by atomic mass is 9.94. The van der Waals surface area contributed by atoms with Crippen molar-refractivity contribution in [2.45, 2.75) is 45.1 Å². The normalized spacial score (nSPS) is 20.8. The first-order valence-corrected chi connectivity index (χ1v) is 10.8. The summed E-state index contributed by atoms with van der Waals surface area (Å²) in [5, 5.41) is 16.8. The Balaban J connectivity index is 2.26. The third kappa shape index (κ3) is 5.41. The number of carbonyl (C=O) groups excluding carboxylic acids is 1. The number of hydrogen-bond acceptors (Lipinski definition) is 6. The van der Waals surface area contributed by atoms with Crippen molar-refractivity contribution in [1.29, 1.82) is 0 Å². The second-order valence-electron chi connectivity index (χ2n) is 7.78. The van der Waals surface area contributed by atoms with Crippen LogP contribution in [0.4, 0.5) is 11.4 Å². The van der Waals surface area contributed by atoms with Crippen LogP contribution in [0.25, 0.3) is 0 Å². The van der Waals surface area contributed by atoms with Crippen LogP contribution in [-0.4, -0.2) is 49.2 Å². The maximum absolute atomic E-state index is 13.0. The molecule has 2 rings (SSSR count). The number of carbonyl (C=O) groups is 1. The molecule has 1 aliphatic rings. The number of benzene rings is 1. The van der Waals surface area contributed by atoms with Crippen molar-refractivity contribution in [3.63, 3.8) is 0 Å². The Hall–Kier alpha value is -2.20. The molecule has 0 spiro atoms. The monoisotopic (exact) mass is 412 g/mol. The van der Waals surface area contributed by atoms with Crippen LogP contribution in [0.1, 0.15) is 34.1 Å². The first-order valence-electron chi connectivity index (χ1n) is 9.32. The fourth-order valence-corrected chi connectivity index (χ4v) is 5.17. The highest BCUT2D eigenvalue weighted by molar-refractivity contribution is 7.89. The number of amides is 1. The predicted molar refractivity (Wildman–Crippen MR) is 107 cm³/mol. The van der Waals surface area contributed by atoms with E-state index < -0.39 is 14.9 Å². The molecule has 2 atom stereocenters. The number of sulfonamides is 1. The van der Waals surface area contributed by atoms with E-state index in [-0.39, 0.29) is 46.6 Å². The molecule has 1 heterocycles. The molecule has 28 heavy (non-hydrogen) atoms. The van der Waals surface area contributed by atoms with E-state index in [1.54, 1.807) is 0 Å². The molecular weight excluding hydrogens is 384 g/mol. The van der Waals surface area contributed by atoms with E-state index in [4.69, 9.17) is 0 Å². The van der Waals surface area contributed by atoms with Crippen molar-refractivity contribution in [1.82, 2.24) is 9.62 Å².